The molecule has 2 nitrogen and oxygen atoms in total. The fraction of sp³-hybridized carbons (Fsp3) is 0.300. The van der Waals surface area contributed by atoms with E-state index in [2.05, 4.69) is 18.3 Å². The van der Waals surface area contributed by atoms with Crippen LogP contribution in [-0.4, -0.2) is 7.05 Å². The van der Waals surface area contributed by atoms with Gasteiger partial charge in [-0.2, -0.15) is 5.26 Å². The standard InChI is InChI=1S/C10H12N2/c1-8(12-2)10-5-3-9(7-11)4-6-10/h3-6,8,12H,1-2H3. The number of nitrogens with one attached hydrogen (secondary N) is 1. The van der Waals surface area contributed by atoms with Crippen molar-refractivity contribution in [3.8, 4) is 6.07 Å². The predicted molar refractivity (Wildman–Crippen MR) is 48.6 cm³/mol. The van der Waals surface area contributed by atoms with E-state index in [1.807, 2.05) is 31.3 Å². The van der Waals surface area contributed by atoms with Crippen molar-refractivity contribution in [1.29, 1.82) is 5.26 Å². The van der Waals surface area contributed by atoms with Crippen LogP contribution in [0.2, 0.25) is 0 Å². The Kier molecular flexibility index (Phi) is 2.84. The first-order chi connectivity index (χ1) is 5.77. The zero-order valence-electron chi connectivity index (χ0n) is 7.33. The van der Waals surface area contributed by atoms with E-state index in [1.54, 1.807) is 0 Å². The highest BCUT2D eigenvalue weighted by Crippen LogP contribution is 2.11. The second-order valence-corrected chi connectivity index (χ2v) is 2.74. The van der Waals surface area contributed by atoms with Gasteiger partial charge in [0.15, 0.2) is 0 Å². The van der Waals surface area contributed by atoms with E-state index in [0.717, 1.165) is 0 Å². The van der Waals surface area contributed by atoms with Crippen molar-refractivity contribution in [2.24, 2.45) is 0 Å². The Bertz CT molecular complexity index is 282. The highest BCUT2D eigenvalue weighted by Gasteiger charge is 2.00. The molecule has 1 rings (SSSR count). The molecule has 0 bridgehead atoms. The number of hydrogen-bond acceptors (Lipinski definition) is 2. The molecule has 0 aliphatic carbocycles. The average molecular weight is 160 g/mol. The third-order valence-corrected chi connectivity index (χ3v) is 1.97. The summed E-state index contributed by atoms with van der Waals surface area (Å²) in [5, 5.41) is 11.7. The summed E-state index contributed by atoms with van der Waals surface area (Å²) in [5.41, 5.74) is 1.92. The van der Waals surface area contributed by atoms with Gasteiger partial charge in [0.2, 0.25) is 0 Å². The fourth-order valence-electron chi connectivity index (χ4n) is 1.01. The molecule has 0 fully saturated rings. The summed E-state index contributed by atoms with van der Waals surface area (Å²) >= 11 is 0. The Labute approximate surface area is 72.8 Å². The number of nitrogens with zero attached hydrogens (tertiary/aromatic N) is 1. The normalized spacial score (nSPS) is 12.1. The monoisotopic (exact) mass is 160 g/mol. The number of nitriles is 1. The molecule has 0 saturated carbocycles. The molecule has 0 radical (unpaired) electrons. The zero-order valence-corrected chi connectivity index (χ0v) is 7.33. The maximum atomic E-state index is 8.56. The minimum Gasteiger partial charge on any atom is -0.313 e. The molecule has 12 heavy (non-hydrogen) atoms. The quantitative estimate of drug-likeness (QED) is 0.716. The average Bonchev–Trinajstić information content (AvgIpc) is 2.17. The summed E-state index contributed by atoms with van der Waals surface area (Å²) in [4.78, 5) is 0. The highest BCUT2D eigenvalue weighted by molar-refractivity contribution is 5.32. The van der Waals surface area contributed by atoms with E-state index in [0.29, 0.717) is 11.6 Å². The molecule has 0 saturated heterocycles. The summed E-state index contributed by atoms with van der Waals surface area (Å²) in [6, 6.07) is 10.1. The van der Waals surface area contributed by atoms with Crippen molar-refractivity contribution >= 4 is 0 Å². The Morgan fingerprint density at radius 2 is 1.92 bits per heavy atom. The molecule has 62 valence electrons. The zero-order chi connectivity index (χ0) is 8.97. The van der Waals surface area contributed by atoms with Crippen LogP contribution in [0.1, 0.15) is 24.1 Å². The molecule has 0 aromatic heterocycles. The van der Waals surface area contributed by atoms with Gasteiger partial charge in [0, 0.05) is 6.04 Å². The van der Waals surface area contributed by atoms with Crippen LogP contribution in [0.15, 0.2) is 24.3 Å². The van der Waals surface area contributed by atoms with Crippen LogP contribution in [0.25, 0.3) is 0 Å². The van der Waals surface area contributed by atoms with Crippen LogP contribution < -0.4 is 5.32 Å². The Hall–Kier alpha value is -1.33. The van der Waals surface area contributed by atoms with Crippen LogP contribution in [-0.2, 0) is 0 Å². The molecule has 0 aliphatic heterocycles. The Balaban J connectivity index is 2.86. The maximum absolute atomic E-state index is 8.56. The second kappa shape index (κ2) is 3.89. The third kappa shape index (κ3) is 1.84. The van der Waals surface area contributed by atoms with Gasteiger partial charge in [-0.1, -0.05) is 12.1 Å². The lowest BCUT2D eigenvalue weighted by Gasteiger charge is -2.09. The Morgan fingerprint density at radius 3 is 2.33 bits per heavy atom. The number of hydrogen-bond donors (Lipinski definition) is 1. The second-order valence-electron chi connectivity index (χ2n) is 2.74. The van der Waals surface area contributed by atoms with Crippen molar-refractivity contribution in [1.82, 2.24) is 5.32 Å². The van der Waals surface area contributed by atoms with Crippen LogP contribution in [0.5, 0.6) is 0 Å². The topological polar surface area (TPSA) is 35.8 Å². The molecule has 0 amide bonds. The van der Waals surface area contributed by atoms with Crippen molar-refractivity contribution in [3.05, 3.63) is 35.4 Å². The van der Waals surface area contributed by atoms with Gasteiger partial charge < -0.3 is 5.32 Å². The van der Waals surface area contributed by atoms with Gasteiger partial charge in [0.05, 0.1) is 11.6 Å². The van der Waals surface area contributed by atoms with E-state index in [1.165, 1.54) is 5.56 Å². The summed E-state index contributed by atoms with van der Waals surface area (Å²) in [5.74, 6) is 0. The molecular formula is C10H12N2. The van der Waals surface area contributed by atoms with Crippen molar-refractivity contribution < 1.29 is 0 Å². The summed E-state index contributed by atoms with van der Waals surface area (Å²) < 4.78 is 0. The van der Waals surface area contributed by atoms with Crippen LogP contribution in [0.4, 0.5) is 0 Å². The van der Waals surface area contributed by atoms with E-state index >= 15 is 0 Å². The van der Waals surface area contributed by atoms with E-state index in [9.17, 15) is 0 Å². The van der Waals surface area contributed by atoms with Crippen molar-refractivity contribution in [3.63, 3.8) is 0 Å². The first kappa shape index (κ1) is 8.76. The first-order valence-corrected chi connectivity index (χ1v) is 3.95. The SMILES string of the molecule is CNC(C)c1ccc(C#N)cc1. The minimum absolute atomic E-state index is 0.345. The molecule has 1 unspecified atom stereocenters. The Morgan fingerprint density at radius 1 is 1.33 bits per heavy atom. The molecule has 1 aromatic carbocycles. The smallest absolute Gasteiger partial charge is 0.0991 e. The molecule has 0 heterocycles. The summed E-state index contributed by atoms with van der Waals surface area (Å²) in [7, 11) is 1.92. The molecular weight excluding hydrogens is 148 g/mol. The van der Waals surface area contributed by atoms with Crippen molar-refractivity contribution in [2.75, 3.05) is 7.05 Å². The van der Waals surface area contributed by atoms with Gasteiger partial charge in [-0.15, -0.1) is 0 Å². The molecule has 0 spiro atoms. The van der Waals surface area contributed by atoms with Gasteiger partial charge in [-0.3, -0.25) is 0 Å². The fourth-order valence-corrected chi connectivity index (χ4v) is 1.01. The molecule has 0 aliphatic rings. The van der Waals surface area contributed by atoms with Gasteiger partial charge >= 0.3 is 0 Å². The third-order valence-electron chi connectivity index (χ3n) is 1.97. The first-order valence-electron chi connectivity index (χ1n) is 3.95. The van der Waals surface area contributed by atoms with Crippen LogP contribution in [0, 0.1) is 11.3 Å². The van der Waals surface area contributed by atoms with E-state index in [-0.39, 0.29) is 0 Å². The van der Waals surface area contributed by atoms with Gasteiger partial charge in [-0.05, 0) is 31.7 Å². The molecule has 2 heteroatoms. The highest BCUT2D eigenvalue weighted by atomic mass is 14.8. The van der Waals surface area contributed by atoms with Gasteiger partial charge in [0.1, 0.15) is 0 Å². The molecule has 1 aromatic rings. The minimum atomic E-state index is 0.345. The van der Waals surface area contributed by atoms with E-state index < -0.39 is 0 Å². The lowest BCUT2D eigenvalue weighted by molar-refractivity contribution is 0.652. The predicted octanol–water partition coefficient (Wildman–Crippen LogP) is 1.84. The van der Waals surface area contributed by atoms with E-state index in [4.69, 9.17) is 5.26 Å². The van der Waals surface area contributed by atoms with Gasteiger partial charge in [0.25, 0.3) is 0 Å². The summed E-state index contributed by atoms with van der Waals surface area (Å²) in [6.45, 7) is 2.08. The number of benzene rings is 1. The van der Waals surface area contributed by atoms with Crippen molar-refractivity contribution in [2.45, 2.75) is 13.0 Å². The molecule has 1 N–H and O–H groups in total. The number of rotatable bonds is 2. The maximum Gasteiger partial charge on any atom is 0.0991 e. The van der Waals surface area contributed by atoms with Crippen LogP contribution >= 0.6 is 0 Å². The summed E-state index contributed by atoms with van der Waals surface area (Å²) in [6.07, 6.45) is 0. The van der Waals surface area contributed by atoms with Gasteiger partial charge in [-0.25, -0.2) is 0 Å². The lowest BCUT2D eigenvalue weighted by Crippen LogP contribution is -2.11. The van der Waals surface area contributed by atoms with Crippen LogP contribution in [0.3, 0.4) is 0 Å². The lowest BCUT2D eigenvalue weighted by atomic mass is 10.1. The molecule has 1 atom stereocenters. The largest absolute Gasteiger partial charge is 0.313 e.